The van der Waals surface area contributed by atoms with E-state index in [1.54, 1.807) is 37.4 Å². The molecule has 0 aliphatic carbocycles. The minimum atomic E-state index is -0.218. The summed E-state index contributed by atoms with van der Waals surface area (Å²) < 4.78 is 4.95. The molecular formula is C20H24ClN3O3. The van der Waals surface area contributed by atoms with Gasteiger partial charge in [-0.25, -0.2) is 0 Å². The van der Waals surface area contributed by atoms with Gasteiger partial charge < -0.3 is 20.7 Å². The van der Waals surface area contributed by atoms with Crippen molar-refractivity contribution in [2.45, 2.75) is 13.3 Å². The summed E-state index contributed by atoms with van der Waals surface area (Å²) in [5.74, 6) is -0.404. The Morgan fingerprint density at radius 1 is 1.11 bits per heavy atom. The molecule has 0 aliphatic heterocycles. The second-order valence-electron chi connectivity index (χ2n) is 6.05. The Kier molecular flexibility index (Phi) is 8.10. The number of amides is 2. The van der Waals surface area contributed by atoms with E-state index in [4.69, 9.17) is 16.3 Å². The molecule has 0 saturated heterocycles. The molecule has 0 atom stereocenters. The largest absolute Gasteiger partial charge is 0.385 e. The van der Waals surface area contributed by atoms with Gasteiger partial charge in [0, 0.05) is 42.2 Å². The van der Waals surface area contributed by atoms with Gasteiger partial charge in [0.15, 0.2) is 0 Å². The van der Waals surface area contributed by atoms with Crippen LogP contribution in [-0.4, -0.2) is 38.6 Å². The van der Waals surface area contributed by atoms with Crippen molar-refractivity contribution < 1.29 is 14.3 Å². The highest BCUT2D eigenvalue weighted by molar-refractivity contribution is 6.31. The Morgan fingerprint density at radius 2 is 1.93 bits per heavy atom. The predicted molar refractivity (Wildman–Crippen MR) is 109 cm³/mol. The van der Waals surface area contributed by atoms with Crippen LogP contribution in [-0.2, 0) is 9.53 Å². The number of carbonyl (C=O) groups excluding carboxylic acids is 2. The average molecular weight is 390 g/mol. The third-order valence-corrected chi connectivity index (χ3v) is 4.25. The number of anilines is 2. The van der Waals surface area contributed by atoms with Crippen LogP contribution in [0, 0.1) is 6.92 Å². The summed E-state index contributed by atoms with van der Waals surface area (Å²) in [4.78, 5) is 24.3. The minimum absolute atomic E-state index is 0.0901. The van der Waals surface area contributed by atoms with Crippen LogP contribution in [0.5, 0.6) is 0 Å². The van der Waals surface area contributed by atoms with Gasteiger partial charge in [0.25, 0.3) is 5.91 Å². The van der Waals surface area contributed by atoms with Crippen LogP contribution in [0.3, 0.4) is 0 Å². The maximum atomic E-state index is 12.1. The molecule has 0 fully saturated rings. The van der Waals surface area contributed by atoms with E-state index in [2.05, 4.69) is 16.0 Å². The van der Waals surface area contributed by atoms with E-state index in [1.807, 2.05) is 19.1 Å². The van der Waals surface area contributed by atoms with Crippen molar-refractivity contribution in [1.82, 2.24) is 5.32 Å². The zero-order valence-electron chi connectivity index (χ0n) is 15.5. The molecule has 0 heterocycles. The lowest BCUT2D eigenvalue weighted by atomic mass is 10.2. The fourth-order valence-corrected chi connectivity index (χ4v) is 2.53. The summed E-state index contributed by atoms with van der Waals surface area (Å²) >= 11 is 6.07. The summed E-state index contributed by atoms with van der Waals surface area (Å²) in [5.41, 5.74) is 2.80. The highest BCUT2D eigenvalue weighted by Gasteiger charge is 2.08. The molecule has 0 unspecified atom stereocenters. The Labute approximate surface area is 164 Å². The van der Waals surface area contributed by atoms with Gasteiger partial charge in [0.1, 0.15) is 0 Å². The predicted octanol–water partition coefficient (Wildman–Crippen LogP) is 3.47. The van der Waals surface area contributed by atoms with Crippen molar-refractivity contribution in [3.63, 3.8) is 0 Å². The van der Waals surface area contributed by atoms with Gasteiger partial charge >= 0.3 is 0 Å². The lowest BCUT2D eigenvalue weighted by Crippen LogP contribution is -2.25. The van der Waals surface area contributed by atoms with E-state index in [-0.39, 0.29) is 18.4 Å². The monoisotopic (exact) mass is 389 g/mol. The van der Waals surface area contributed by atoms with Crippen LogP contribution >= 0.6 is 11.6 Å². The van der Waals surface area contributed by atoms with Crippen molar-refractivity contribution in [2.24, 2.45) is 0 Å². The second-order valence-corrected chi connectivity index (χ2v) is 6.46. The van der Waals surface area contributed by atoms with Crippen molar-refractivity contribution >= 4 is 34.8 Å². The molecule has 6 nitrogen and oxygen atoms in total. The zero-order chi connectivity index (χ0) is 19.6. The number of ether oxygens (including phenoxy) is 1. The van der Waals surface area contributed by atoms with Gasteiger partial charge in [0.05, 0.1) is 6.54 Å². The van der Waals surface area contributed by atoms with Gasteiger partial charge in [0.2, 0.25) is 5.91 Å². The Balaban J connectivity index is 1.86. The molecule has 27 heavy (non-hydrogen) atoms. The molecule has 2 rings (SSSR count). The first kappa shape index (κ1) is 20.7. The normalized spacial score (nSPS) is 10.3. The molecule has 7 heteroatoms. The lowest BCUT2D eigenvalue weighted by molar-refractivity contribution is -0.114. The molecule has 144 valence electrons. The van der Waals surface area contributed by atoms with Crippen LogP contribution < -0.4 is 16.0 Å². The summed E-state index contributed by atoms with van der Waals surface area (Å²) in [6, 6.07) is 12.3. The Hall–Kier alpha value is -2.57. The molecule has 3 N–H and O–H groups in total. The van der Waals surface area contributed by atoms with Crippen molar-refractivity contribution in [2.75, 3.05) is 37.4 Å². The van der Waals surface area contributed by atoms with E-state index in [0.717, 1.165) is 17.7 Å². The van der Waals surface area contributed by atoms with Crippen LogP contribution in [0.15, 0.2) is 42.5 Å². The second kappa shape index (κ2) is 10.5. The number of methoxy groups -OCH3 is 1. The lowest BCUT2D eigenvalue weighted by Gasteiger charge is -2.10. The third kappa shape index (κ3) is 6.92. The standard InChI is InChI=1S/C20H24ClN3O3/c1-14-7-8-16(12-18(14)21)23-13-19(25)24-17-6-3-5-15(11-17)20(26)22-9-4-10-27-2/h3,5-8,11-12,23H,4,9-10,13H2,1-2H3,(H,22,26)(H,24,25). The van der Waals surface area contributed by atoms with Crippen LogP contribution in [0.2, 0.25) is 5.02 Å². The topological polar surface area (TPSA) is 79.5 Å². The number of nitrogens with one attached hydrogen (secondary N) is 3. The molecule has 2 aromatic rings. The van der Waals surface area contributed by atoms with Gasteiger partial charge in [-0.3, -0.25) is 9.59 Å². The molecule has 0 radical (unpaired) electrons. The summed E-state index contributed by atoms with van der Waals surface area (Å²) in [6.07, 6.45) is 0.743. The first-order chi connectivity index (χ1) is 13.0. The van der Waals surface area contributed by atoms with Crippen molar-refractivity contribution in [3.05, 3.63) is 58.6 Å². The van der Waals surface area contributed by atoms with Gasteiger partial charge in [-0.1, -0.05) is 23.7 Å². The number of aryl methyl sites for hydroxylation is 1. The van der Waals surface area contributed by atoms with Crippen molar-refractivity contribution in [1.29, 1.82) is 0 Å². The van der Waals surface area contributed by atoms with E-state index in [1.165, 1.54) is 0 Å². The highest BCUT2D eigenvalue weighted by atomic mass is 35.5. The number of hydrogen-bond donors (Lipinski definition) is 3. The number of carbonyl (C=O) groups is 2. The van der Waals surface area contributed by atoms with E-state index < -0.39 is 0 Å². The first-order valence-corrected chi connectivity index (χ1v) is 9.04. The van der Waals surface area contributed by atoms with E-state index >= 15 is 0 Å². The number of rotatable bonds is 9. The molecule has 0 aromatic heterocycles. The number of benzene rings is 2. The molecule has 2 aromatic carbocycles. The zero-order valence-corrected chi connectivity index (χ0v) is 16.2. The van der Waals surface area contributed by atoms with Gasteiger partial charge in [-0.2, -0.15) is 0 Å². The van der Waals surface area contributed by atoms with E-state index in [9.17, 15) is 9.59 Å². The number of halogens is 1. The third-order valence-electron chi connectivity index (χ3n) is 3.84. The number of hydrogen-bond acceptors (Lipinski definition) is 4. The maximum Gasteiger partial charge on any atom is 0.251 e. The first-order valence-electron chi connectivity index (χ1n) is 8.66. The van der Waals surface area contributed by atoms with Crippen LogP contribution in [0.4, 0.5) is 11.4 Å². The Bertz CT molecular complexity index is 796. The summed E-state index contributed by atoms with van der Waals surface area (Å²) in [7, 11) is 1.62. The highest BCUT2D eigenvalue weighted by Crippen LogP contribution is 2.19. The maximum absolute atomic E-state index is 12.1. The fraction of sp³-hybridized carbons (Fsp3) is 0.300. The van der Waals surface area contributed by atoms with Gasteiger partial charge in [-0.15, -0.1) is 0 Å². The molecule has 0 bridgehead atoms. The molecule has 0 spiro atoms. The Morgan fingerprint density at radius 3 is 2.67 bits per heavy atom. The molecule has 0 saturated carbocycles. The summed E-state index contributed by atoms with van der Waals surface area (Å²) in [6.45, 7) is 3.13. The quantitative estimate of drug-likeness (QED) is 0.574. The average Bonchev–Trinajstić information content (AvgIpc) is 2.66. The van der Waals surface area contributed by atoms with Crippen molar-refractivity contribution in [3.8, 4) is 0 Å². The molecular weight excluding hydrogens is 366 g/mol. The van der Waals surface area contributed by atoms with Crippen LogP contribution in [0.25, 0.3) is 0 Å². The van der Waals surface area contributed by atoms with Crippen LogP contribution in [0.1, 0.15) is 22.3 Å². The SMILES string of the molecule is COCCCNC(=O)c1cccc(NC(=O)CNc2ccc(C)c(Cl)c2)c1. The smallest absolute Gasteiger partial charge is 0.251 e. The summed E-state index contributed by atoms with van der Waals surface area (Å²) in [5, 5.41) is 9.26. The fourth-order valence-electron chi connectivity index (χ4n) is 2.35. The minimum Gasteiger partial charge on any atom is -0.385 e. The molecule has 2 amide bonds. The van der Waals surface area contributed by atoms with Gasteiger partial charge in [-0.05, 0) is 49.2 Å². The molecule has 0 aliphatic rings. The van der Waals surface area contributed by atoms with E-state index in [0.29, 0.717) is 29.4 Å².